The van der Waals surface area contributed by atoms with E-state index >= 15 is 0 Å². The highest BCUT2D eigenvalue weighted by Gasteiger charge is 2.32. The molecule has 1 aliphatic heterocycles. The zero-order valence-corrected chi connectivity index (χ0v) is 15.3. The highest BCUT2D eigenvalue weighted by atomic mass is 19.4. The molecule has 8 nitrogen and oxygen atoms in total. The second-order valence-electron chi connectivity index (χ2n) is 6.62. The van der Waals surface area contributed by atoms with Gasteiger partial charge in [0, 0.05) is 32.4 Å². The van der Waals surface area contributed by atoms with Gasteiger partial charge in [0.15, 0.2) is 0 Å². The maximum Gasteiger partial charge on any atom is 0.416 e. The van der Waals surface area contributed by atoms with Crippen molar-refractivity contribution in [3.8, 4) is 0 Å². The summed E-state index contributed by atoms with van der Waals surface area (Å²) in [6.07, 6.45) is -2.13. The van der Waals surface area contributed by atoms with Crippen LogP contribution in [0.1, 0.15) is 21.7 Å². The molecule has 11 heteroatoms. The van der Waals surface area contributed by atoms with Gasteiger partial charge in [-0.2, -0.15) is 13.2 Å². The van der Waals surface area contributed by atoms with Crippen molar-refractivity contribution in [3.05, 3.63) is 51.9 Å². The lowest BCUT2D eigenvalue weighted by Gasteiger charge is -2.35. The summed E-state index contributed by atoms with van der Waals surface area (Å²) >= 11 is 0. The van der Waals surface area contributed by atoms with Gasteiger partial charge in [-0.1, -0.05) is 0 Å². The van der Waals surface area contributed by atoms with Crippen molar-refractivity contribution in [1.82, 2.24) is 19.9 Å². The van der Waals surface area contributed by atoms with Gasteiger partial charge < -0.3 is 19.2 Å². The Kier molecular flexibility index (Phi) is 4.52. The number of carbonyl (C=O) groups excluding carboxylic acids is 1. The number of halogens is 3. The first kappa shape index (κ1) is 19.0. The van der Waals surface area contributed by atoms with Crippen LogP contribution >= 0.6 is 0 Å². The molecule has 152 valence electrons. The highest BCUT2D eigenvalue weighted by Crippen LogP contribution is 2.31. The molecule has 1 N–H and O–H groups in total. The van der Waals surface area contributed by atoms with Gasteiger partial charge in [0.2, 0.25) is 5.71 Å². The number of rotatable bonds is 2. The van der Waals surface area contributed by atoms with E-state index in [0.717, 1.165) is 18.3 Å². The number of aromatic nitrogens is 3. The molecule has 1 fully saturated rings. The Bertz CT molecular complexity index is 1130. The number of hydrogen-bond acceptors (Lipinski definition) is 6. The normalized spacial score (nSPS) is 15.2. The van der Waals surface area contributed by atoms with E-state index in [9.17, 15) is 22.8 Å². The fourth-order valence-corrected chi connectivity index (χ4v) is 3.38. The third-order valence-corrected chi connectivity index (χ3v) is 4.85. The van der Waals surface area contributed by atoms with E-state index in [1.165, 1.54) is 11.2 Å². The summed E-state index contributed by atoms with van der Waals surface area (Å²) in [5, 5.41) is 0.0944. The molecule has 4 heterocycles. The fraction of sp³-hybridized carbons (Fsp3) is 0.333. The van der Waals surface area contributed by atoms with Crippen LogP contribution in [0.4, 0.5) is 19.0 Å². The van der Waals surface area contributed by atoms with Gasteiger partial charge in [-0.05, 0) is 19.1 Å². The maximum absolute atomic E-state index is 13.0. The molecule has 0 spiro atoms. The van der Waals surface area contributed by atoms with Crippen molar-refractivity contribution in [3.63, 3.8) is 0 Å². The van der Waals surface area contributed by atoms with Crippen LogP contribution in [0.2, 0.25) is 0 Å². The van der Waals surface area contributed by atoms with Crippen LogP contribution in [0.5, 0.6) is 0 Å². The largest absolute Gasteiger partial charge is 0.442 e. The van der Waals surface area contributed by atoms with Gasteiger partial charge in [-0.15, -0.1) is 0 Å². The predicted molar refractivity (Wildman–Crippen MR) is 96.7 cm³/mol. The summed E-state index contributed by atoms with van der Waals surface area (Å²) in [5.41, 5.74) is -1.00. The van der Waals surface area contributed by atoms with Crippen molar-refractivity contribution in [2.75, 3.05) is 31.1 Å². The zero-order valence-electron chi connectivity index (χ0n) is 15.3. The van der Waals surface area contributed by atoms with E-state index in [4.69, 9.17) is 4.42 Å². The van der Waals surface area contributed by atoms with E-state index in [1.807, 2.05) is 0 Å². The van der Waals surface area contributed by atoms with Crippen LogP contribution in [-0.4, -0.2) is 51.9 Å². The molecular weight excluding hydrogens is 391 g/mol. The number of aromatic amines is 1. The fourth-order valence-electron chi connectivity index (χ4n) is 3.38. The van der Waals surface area contributed by atoms with Crippen molar-refractivity contribution < 1.29 is 22.4 Å². The van der Waals surface area contributed by atoms with Gasteiger partial charge in [0.1, 0.15) is 17.0 Å². The average molecular weight is 407 g/mol. The van der Waals surface area contributed by atoms with E-state index < -0.39 is 17.3 Å². The molecule has 1 amide bonds. The average Bonchev–Trinajstić information content (AvgIpc) is 3.04. The van der Waals surface area contributed by atoms with Crippen LogP contribution in [0, 0.1) is 6.92 Å². The number of aryl methyl sites for hydroxylation is 1. The first-order valence-corrected chi connectivity index (χ1v) is 8.80. The standard InChI is InChI=1S/C18H16F3N5O3/c1-10-13(14-15(27)23-9-24-16(14)29-10)17(28)26-6-4-25(5-7-26)12-8-11(2-3-22-12)18(19,20)21/h2-3,8-9H,4-7H2,1H3,(H,23,24,27). The minimum atomic E-state index is -4.45. The van der Waals surface area contributed by atoms with Crippen LogP contribution in [0.25, 0.3) is 11.1 Å². The Hall–Kier alpha value is -3.37. The third kappa shape index (κ3) is 3.43. The lowest BCUT2D eigenvalue weighted by atomic mass is 10.1. The molecule has 1 aliphatic rings. The second-order valence-corrected chi connectivity index (χ2v) is 6.62. The molecule has 3 aromatic rings. The Morgan fingerprint density at radius 1 is 1.21 bits per heavy atom. The minimum Gasteiger partial charge on any atom is -0.442 e. The number of nitrogens with zero attached hydrogens (tertiary/aromatic N) is 4. The number of amides is 1. The molecule has 0 aromatic carbocycles. The van der Waals surface area contributed by atoms with Crippen molar-refractivity contribution in [2.24, 2.45) is 0 Å². The van der Waals surface area contributed by atoms with Crippen LogP contribution < -0.4 is 10.5 Å². The van der Waals surface area contributed by atoms with Gasteiger partial charge in [0.05, 0.1) is 17.5 Å². The lowest BCUT2D eigenvalue weighted by Crippen LogP contribution is -2.49. The number of furan rings is 1. The smallest absolute Gasteiger partial charge is 0.416 e. The number of anilines is 1. The number of carbonyl (C=O) groups is 1. The number of H-pyrrole nitrogens is 1. The zero-order chi connectivity index (χ0) is 20.8. The number of hydrogen-bond donors (Lipinski definition) is 1. The van der Waals surface area contributed by atoms with Crippen molar-refractivity contribution in [1.29, 1.82) is 0 Å². The van der Waals surface area contributed by atoms with Gasteiger partial charge in [-0.25, -0.2) is 9.97 Å². The second kappa shape index (κ2) is 6.90. The molecule has 0 bridgehead atoms. The molecule has 4 rings (SSSR count). The monoisotopic (exact) mass is 407 g/mol. The Morgan fingerprint density at radius 3 is 2.62 bits per heavy atom. The molecule has 3 aromatic heterocycles. The molecule has 0 saturated carbocycles. The summed E-state index contributed by atoms with van der Waals surface area (Å²) in [7, 11) is 0. The summed E-state index contributed by atoms with van der Waals surface area (Å²) < 4.78 is 44.2. The molecule has 0 radical (unpaired) electrons. The number of piperazine rings is 1. The summed E-state index contributed by atoms with van der Waals surface area (Å²) in [4.78, 5) is 38.7. The van der Waals surface area contributed by atoms with E-state index in [1.54, 1.807) is 11.8 Å². The topological polar surface area (TPSA) is 95.3 Å². The van der Waals surface area contributed by atoms with Crippen molar-refractivity contribution >= 4 is 22.8 Å². The summed E-state index contributed by atoms with van der Waals surface area (Å²) in [6.45, 7) is 2.73. The predicted octanol–water partition coefficient (Wildman–Crippen LogP) is 2.20. The van der Waals surface area contributed by atoms with E-state index in [0.29, 0.717) is 13.1 Å². The van der Waals surface area contributed by atoms with Gasteiger partial charge in [0.25, 0.3) is 11.5 Å². The van der Waals surface area contributed by atoms with Crippen molar-refractivity contribution in [2.45, 2.75) is 13.1 Å². The van der Waals surface area contributed by atoms with Crippen LogP contribution in [0.3, 0.4) is 0 Å². The SMILES string of the molecule is Cc1oc2nc[nH]c(=O)c2c1C(=O)N1CCN(c2cc(C(F)(F)F)ccn2)CC1. The molecule has 0 unspecified atom stereocenters. The first-order chi connectivity index (χ1) is 13.8. The Balaban J connectivity index is 1.53. The van der Waals surface area contributed by atoms with Crippen LogP contribution in [0.15, 0.2) is 33.9 Å². The Morgan fingerprint density at radius 2 is 1.93 bits per heavy atom. The molecular formula is C18H16F3N5O3. The number of fused-ring (bicyclic) bond motifs is 1. The third-order valence-electron chi connectivity index (χ3n) is 4.85. The highest BCUT2D eigenvalue weighted by molar-refractivity contribution is 6.06. The summed E-state index contributed by atoms with van der Waals surface area (Å²) in [5.74, 6) is 0.116. The molecule has 29 heavy (non-hydrogen) atoms. The Labute approximate surface area is 162 Å². The molecule has 0 aliphatic carbocycles. The minimum absolute atomic E-state index is 0.0846. The van der Waals surface area contributed by atoms with Crippen LogP contribution in [-0.2, 0) is 6.18 Å². The first-order valence-electron chi connectivity index (χ1n) is 8.80. The number of nitrogens with one attached hydrogen (secondary N) is 1. The van der Waals surface area contributed by atoms with Gasteiger partial charge in [-0.3, -0.25) is 9.59 Å². The van der Waals surface area contributed by atoms with Gasteiger partial charge >= 0.3 is 6.18 Å². The molecule has 0 atom stereocenters. The number of pyridine rings is 1. The van der Waals surface area contributed by atoms with E-state index in [2.05, 4.69) is 15.0 Å². The summed E-state index contributed by atoms with van der Waals surface area (Å²) in [6, 6.07) is 1.91. The maximum atomic E-state index is 13.0. The lowest BCUT2D eigenvalue weighted by molar-refractivity contribution is -0.137. The molecule has 1 saturated heterocycles. The quantitative estimate of drug-likeness (QED) is 0.700. The van der Waals surface area contributed by atoms with E-state index in [-0.39, 0.29) is 47.2 Å². The number of alkyl halides is 3.